The van der Waals surface area contributed by atoms with E-state index in [1.54, 1.807) is 14.2 Å². The first kappa shape index (κ1) is 26.6. The average Bonchev–Trinajstić information content (AvgIpc) is 2.58. The molecular weight excluding hydrogens is 502 g/mol. The van der Waals surface area contributed by atoms with Crippen molar-refractivity contribution < 1.29 is 26.3 Å². The summed E-state index contributed by atoms with van der Waals surface area (Å²) in [7, 11) is -0.0321. The van der Waals surface area contributed by atoms with Gasteiger partial charge in [0, 0.05) is 52.9 Å². The van der Waals surface area contributed by atoms with Gasteiger partial charge in [0.05, 0.1) is 6.61 Å². The monoisotopic (exact) mass is 531 g/mol. The lowest BCUT2D eigenvalue weighted by Crippen LogP contribution is -2.52. The Morgan fingerprint density at radius 1 is 1.30 bits per heavy atom. The number of nitrogens with zero attached hydrogens (tertiary/aromatic N) is 3. The van der Waals surface area contributed by atoms with Gasteiger partial charge in [-0.3, -0.25) is 4.99 Å². The molecule has 1 aliphatic rings. The van der Waals surface area contributed by atoms with E-state index in [1.807, 2.05) is 7.05 Å². The standard InChI is InChI=1S/C14H28F3N5O3S.HI/c1-18-13(19-6-9-21(2)10-11-25-3)20-12-4-7-22(8-5-12)26(23,24)14(15,16)17;/h12H,4-11H2,1-3H3,(H2,18,19,20);1H. The predicted octanol–water partition coefficient (Wildman–Crippen LogP) is 0.662. The van der Waals surface area contributed by atoms with Gasteiger partial charge in [-0.1, -0.05) is 0 Å². The van der Waals surface area contributed by atoms with Crippen molar-refractivity contribution in [3.05, 3.63) is 0 Å². The Morgan fingerprint density at radius 2 is 1.89 bits per heavy atom. The molecule has 0 radical (unpaired) electrons. The molecule has 0 saturated carbocycles. The van der Waals surface area contributed by atoms with E-state index >= 15 is 0 Å². The van der Waals surface area contributed by atoms with Gasteiger partial charge in [0.25, 0.3) is 0 Å². The maximum Gasteiger partial charge on any atom is 0.511 e. The minimum Gasteiger partial charge on any atom is -0.383 e. The van der Waals surface area contributed by atoms with Crippen molar-refractivity contribution in [3.63, 3.8) is 0 Å². The Labute approximate surface area is 176 Å². The molecule has 2 N–H and O–H groups in total. The Balaban J connectivity index is 0.00000676. The minimum atomic E-state index is -5.25. The number of nitrogens with one attached hydrogen (secondary N) is 2. The highest BCUT2D eigenvalue weighted by Crippen LogP contribution is 2.28. The molecule has 0 aromatic heterocycles. The largest absolute Gasteiger partial charge is 0.511 e. The number of likely N-dealkylation sites (N-methyl/N-ethyl adjacent to an activating group) is 1. The van der Waals surface area contributed by atoms with Gasteiger partial charge in [0.15, 0.2) is 5.96 Å². The van der Waals surface area contributed by atoms with Crippen LogP contribution in [0.2, 0.25) is 0 Å². The van der Waals surface area contributed by atoms with Crippen molar-refractivity contribution in [2.75, 3.05) is 60.5 Å². The van der Waals surface area contributed by atoms with Gasteiger partial charge in [0.1, 0.15) is 0 Å². The first-order valence-corrected chi connectivity index (χ1v) is 9.77. The van der Waals surface area contributed by atoms with Crippen molar-refractivity contribution in [2.24, 2.45) is 4.99 Å². The number of aliphatic imine (C=N–C) groups is 1. The van der Waals surface area contributed by atoms with Crippen LogP contribution in [-0.4, -0.2) is 95.7 Å². The van der Waals surface area contributed by atoms with E-state index in [4.69, 9.17) is 4.74 Å². The molecule has 1 heterocycles. The lowest BCUT2D eigenvalue weighted by Gasteiger charge is -2.32. The minimum absolute atomic E-state index is 0. The van der Waals surface area contributed by atoms with Gasteiger partial charge in [-0.2, -0.15) is 17.5 Å². The molecule has 0 unspecified atom stereocenters. The Bertz CT molecular complexity index is 555. The lowest BCUT2D eigenvalue weighted by molar-refractivity contribution is -0.0494. The van der Waals surface area contributed by atoms with Gasteiger partial charge in [-0.25, -0.2) is 8.42 Å². The summed E-state index contributed by atoms with van der Waals surface area (Å²) in [5, 5.41) is 6.26. The molecule has 1 fully saturated rings. The second kappa shape index (κ2) is 12.2. The summed E-state index contributed by atoms with van der Waals surface area (Å²) < 4.78 is 66.0. The zero-order valence-electron chi connectivity index (χ0n) is 15.8. The second-order valence-corrected chi connectivity index (χ2v) is 7.99. The third kappa shape index (κ3) is 8.66. The third-order valence-electron chi connectivity index (χ3n) is 4.11. The molecule has 1 aliphatic heterocycles. The van der Waals surface area contributed by atoms with Crippen LogP contribution in [0.5, 0.6) is 0 Å². The van der Waals surface area contributed by atoms with Crippen LogP contribution >= 0.6 is 24.0 Å². The highest BCUT2D eigenvalue weighted by molar-refractivity contribution is 14.0. The number of halogens is 4. The van der Waals surface area contributed by atoms with E-state index < -0.39 is 15.5 Å². The van der Waals surface area contributed by atoms with Crippen LogP contribution in [0.15, 0.2) is 4.99 Å². The number of piperidine rings is 1. The van der Waals surface area contributed by atoms with E-state index in [0.717, 1.165) is 13.1 Å². The molecule has 0 aromatic rings. The maximum absolute atomic E-state index is 12.6. The Morgan fingerprint density at radius 3 is 2.37 bits per heavy atom. The van der Waals surface area contributed by atoms with E-state index in [2.05, 4.69) is 20.5 Å². The zero-order valence-corrected chi connectivity index (χ0v) is 18.9. The van der Waals surface area contributed by atoms with Crippen LogP contribution < -0.4 is 10.6 Å². The van der Waals surface area contributed by atoms with Crippen LogP contribution in [-0.2, 0) is 14.8 Å². The number of hydrogen-bond acceptors (Lipinski definition) is 5. The van der Waals surface area contributed by atoms with Crippen molar-refractivity contribution in [2.45, 2.75) is 24.4 Å². The SMILES string of the molecule is CN=C(NCCN(C)CCOC)NC1CCN(S(=O)(=O)C(F)(F)F)CC1.I. The van der Waals surface area contributed by atoms with E-state index in [-0.39, 0.29) is 55.9 Å². The first-order valence-electron chi connectivity index (χ1n) is 8.33. The summed E-state index contributed by atoms with van der Waals surface area (Å²) in [6.07, 6.45) is 0.563. The number of alkyl halides is 3. The van der Waals surface area contributed by atoms with Crippen molar-refractivity contribution in [1.29, 1.82) is 0 Å². The number of rotatable bonds is 8. The summed E-state index contributed by atoms with van der Waals surface area (Å²) in [6.45, 7) is 2.51. The molecule has 0 amide bonds. The fourth-order valence-corrected chi connectivity index (χ4v) is 3.48. The topological polar surface area (TPSA) is 86.3 Å². The number of hydrogen-bond donors (Lipinski definition) is 2. The van der Waals surface area contributed by atoms with Crippen molar-refractivity contribution in [3.8, 4) is 0 Å². The second-order valence-electron chi connectivity index (χ2n) is 6.06. The maximum atomic E-state index is 12.6. The van der Waals surface area contributed by atoms with Crippen molar-refractivity contribution in [1.82, 2.24) is 19.8 Å². The molecule has 1 saturated heterocycles. The van der Waals surface area contributed by atoms with E-state index in [9.17, 15) is 21.6 Å². The fourth-order valence-electron chi connectivity index (χ4n) is 2.50. The molecular formula is C14H29F3IN5O3S. The zero-order chi connectivity index (χ0) is 19.8. The van der Waals surface area contributed by atoms with Gasteiger partial charge in [-0.05, 0) is 19.9 Å². The predicted molar refractivity (Wildman–Crippen MR) is 109 cm³/mol. The van der Waals surface area contributed by atoms with Crippen molar-refractivity contribution >= 4 is 40.0 Å². The molecule has 0 aliphatic carbocycles. The van der Waals surface area contributed by atoms with Crippen LogP contribution in [0.1, 0.15) is 12.8 Å². The lowest BCUT2D eigenvalue weighted by atomic mass is 10.1. The number of sulfonamides is 1. The normalized spacial score (nSPS) is 17.7. The van der Waals surface area contributed by atoms with Gasteiger partial charge in [-0.15, -0.1) is 24.0 Å². The van der Waals surface area contributed by atoms with Crippen LogP contribution in [0.4, 0.5) is 13.2 Å². The molecule has 8 nitrogen and oxygen atoms in total. The molecule has 27 heavy (non-hydrogen) atoms. The number of ether oxygens (including phenoxy) is 1. The summed E-state index contributed by atoms with van der Waals surface area (Å²) in [5.74, 6) is 0.544. The average molecular weight is 531 g/mol. The van der Waals surface area contributed by atoms with E-state index in [1.165, 1.54) is 0 Å². The summed E-state index contributed by atoms with van der Waals surface area (Å²) >= 11 is 0. The Kier molecular flexibility index (Phi) is 12.1. The summed E-state index contributed by atoms with van der Waals surface area (Å²) in [4.78, 5) is 6.18. The van der Waals surface area contributed by atoms with E-state index in [0.29, 0.717) is 23.4 Å². The van der Waals surface area contributed by atoms with Gasteiger partial charge in [0.2, 0.25) is 0 Å². The summed E-state index contributed by atoms with van der Waals surface area (Å²) in [6, 6.07) is -0.132. The highest BCUT2D eigenvalue weighted by atomic mass is 127. The molecule has 1 rings (SSSR count). The molecule has 0 spiro atoms. The highest BCUT2D eigenvalue weighted by Gasteiger charge is 2.50. The van der Waals surface area contributed by atoms with Gasteiger partial charge >= 0.3 is 15.5 Å². The molecule has 162 valence electrons. The quantitative estimate of drug-likeness (QED) is 0.272. The third-order valence-corrected chi connectivity index (χ3v) is 5.74. The smallest absolute Gasteiger partial charge is 0.383 e. The van der Waals surface area contributed by atoms with Crippen LogP contribution in [0.25, 0.3) is 0 Å². The number of methoxy groups -OCH3 is 1. The van der Waals surface area contributed by atoms with Gasteiger partial charge < -0.3 is 20.3 Å². The summed E-state index contributed by atoms with van der Waals surface area (Å²) in [5.41, 5.74) is -5.25. The first-order chi connectivity index (χ1) is 12.1. The van der Waals surface area contributed by atoms with Crippen LogP contribution in [0.3, 0.4) is 0 Å². The van der Waals surface area contributed by atoms with Crippen LogP contribution in [0, 0.1) is 0 Å². The number of guanidine groups is 1. The molecule has 0 bridgehead atoms. The fraction of sp³-hybridized carbons (Fsp3) is 0.929. The Hall–Kier alpha value is -0.380. The molecule has 13 heteroatoms. The molecule has 0 atom stereocenters. The molecule has 0 aromatic carbocycles.